The van der Waals surface area contributed by atoms with Crippen LogP contribution in [0.5, 0.6) is 0 Å². The third-order valence-corrected chi connectivity index (χ3v) is 34.6. The number of rotatable bonds is 7. The van der Waals surface area contributed by atoms with Crippen molar-refractivity contribution >= 4 is 63.2 Å². The maximum atomic E-state index is 2.70. The SMILES string of the molecule is CC(C)(C)[Si](C)(C)C1(CCCCC2([Si](C)(C)C(C)(C)C)SCCCS2)SCCCS1. The summed E-state index contributed by atoms with van der Waals surface area (Å²) in [5, 5.41) is 0.948. The van der Waals surface area contributed by atoms with E-state index in [2.05, 4.69) is 115 Å². The Balaban J connectivity index is 2.12. The Bertz CT molecular complexity index is 499. The van der Waals surface area contributed by atoms with Gasteiger partial charge in [0.05, 0.1) is 23.6 Å². The lowest BCUT2D eigenvalue weighted by molar-refractivity contribution is 0.617. The Labute approximate surface area is 208 Å². The first-order valence-electron chi connectivity index (χ1n) is 12.2. The highest BCUT2D eigenvalue weighted by molar-refractivity contribution is 8.21. The van der Waals surface area contributed by atoms with Crippen LogP contribution in [0, 0.1) is 0 Å². The van der Waals surface area contributed by atoms with Crippen molar-refractivity contribution in [1.29, 1.82) is 0 Å². The van der Waals surface area contributed by atoms with Gasteiger partial charge in [-0.05, 0) is 58.8 Å². The van der Waals surface area contributed by atoms with Crippen molar-refractivity contribution in [3.8, 4) is 0 Å². The molecule has 0 radical (unpaired) electrons. The number of hydrogen-bond donors (Lipinski definition) is 0. The highest BCUT2D eigenvalue weighted by Gasteiger charge is 2.56. The maximum Gasteiger partial charge on any atom is 0.0835 e. The van der Waals surface area contributed by atoms with E-state index in [1.807, 2.05) is 0 Å². The van der Waals surface area contributed by atoms with Gasteiger partial charge in [0, 0.05) is 0 Å². The zero-order chi connectivity index (χ0) is 22.9. The van der Waals surface area contributed by atoms with Gasteiger partial charge in [-0.25, -0.2) is 0 Å². The van der Waals surface area contributed by atoms with Gasteiger partial charge in [-0.3, -0.25) is 0 Å². The summed E-state index contributed by atoms with van der Waals surface area (Å²) < 4.78 is 1.06. The van der Waals surface area contributed by atoms with E-state index in [9.17, 15) is 0 Å². The summed E-state index contributed by atoms with van der Waals surface area (Å²) in [5.74, 6) is 5.55. The third-order valence-electron chi connectivity index (χ3n) is 8.83. The van der Waals surface area contributed by atoms with Crippen LogP contribution in [0.1, 0.15) is 80.1 Å². The van der Waals surface area contributed by atoms with Gasteiger partial charge in [-0.2, -0.15) is 0 Å². The number of hydrogen-bond acceptors (Lipinski definition) is 4. The Morgan fingerprint density at radius 2 is 0.833 bits per heavy atom. The summed E-state index contributed by atoms with van der Waals surface area (Å²) in [6, 6.07) is 0. The molecule has 30 heavy (non-hydrogen) atoms. The Morgan fingerprint density at radius 3 is 1.07 bits per heavy atom. The molecule has 178 valence electrons. The second-order valence-corrected chi connectivity index (χ2v) is 31.3. The highest BCUT2D eigenvalue weighted by atomic mass is 32.2. The summed E-state index contributed by atoms with van der Waals surface area (Å²) in [6.45, 7) is 25.9. The zero-order valence-corrected chi connectivity index (χ0v) is 27.0. The van der Waals surface area contributed by atoms with Crippen LogP contribution in [0.4, 0.5) is 0 Å². The van der Waals surface area contributed by atoms with E-state index in [1.165, 1.54) is 61.5 Å². The van der Waals surface area contributed by atoms with Gasteiger partial charge in [0.25, 0.3) is 0 Å². The van der Waals surface area contributed by atoms with Crippen molar-refractivity contribution < 1.29 is 0 Å². The summed E-state index contributed by atoms with van der Waals surface area (Å²) >= 11 is 9.45. The van der Waals surface area contributed by atoms with E-state index in [0.29, 0.717) is 17.5 Å². The van der Waals surface area contributed by atoms with E-state index in [-0.39, 0.29) is 0 Å². The Morgan fingerprint density at radius 1 is 0.567 bits per heavy atom. The van der Waals surface area contributed by atoms with Crippen molar-refractivity contribution in [2.75, 3.05) is 23.0 Å². The summed E-state index contributed by atoms with van der Waals surface area (Å²) in [6.07, 6.45) is 8.58. The standard InChI is InChI=1S/C24H50S4Si2/c1-21(2,3)29(7,8)23(25-17-13-18-26-23)15-11-12-16-24(27-19-14-20-28-24)30(9,10)22(4,5)6/h11-20H2,1-10H3. The molecule has 0 aromatic heterocycles. The van der Waals surface area contributed by atoms with Crippen LogP contribution >= 0.6 is 47.0 Å². The minimum Gasteiger partial charge on any atom is -0.148 e. The summed E-state index contributed by atoms with van der Waals surface area (Å²) in [4.78, 5) is 0. The minimum absolute atomic E-state index is 0.474. The second-order valence-electron chi connectivity index (χ2n) is 12.6. The fourth-order valence-electron chi connectivity index (χ4n) is 4.64. The second kappa shape index (κ2) is 10.2. The van der Waals surface area contributed by atoms with Gasteiger partial charge in [0.1, 0.15) is 0 Å². The van der Waals surface area contributed by atoms with Crippen LogP contribution in [-0.4, -0.2) is 46.6 Å². The predicted octanol–water partition coefficient (Wildman–Crippen LogP) is 9.77. The van der Waals surface area contributed by atoms with Crippen LogP contribution in [0.2, 0.25) is 36.3 Å². The van der Waals surface area contributed by atoms with Crippen LogP contribution in [0.25, 0.3) is 0 Å². The Kier molecular flexibility index (Phi) is 9.56. The van der Waals surface area contributed by atoms with E-state index in [0.717, 1.165) is 0 Å². The van der Waals surface area contributed by atoms with Crippen molar-refractivity contribution in [2.24, 2.45) is 0 Å². The third kappa shape index (κ3) is 5.55. The first kappa shape index (κ1) is 28.1. The van der Waals surface area contributed by atoms with E-state index in [1.54, 1.807) is 0 Å². The first-order chi connectivity index (χ1) is 13.6. The normalized spacial score (nSPS) is 23.4. The lowest BCUT2D eigenvalue weighted by Crippen LogP contribution is -2.57. The van der Waals surface area contributed by atoms with Crippen molar-refractivity contribution in [1.82, 2.24) is 0 Å². The molecule has 2 heterocycles. The quantitative estimate of drug-likeness (QED) is 0.241. The average molecular weight is 523 g/mol. The maximum absolute atomic E-state index is 2.70. The lowest BCUT2D eigenvalue weighted by atomic mass is 10.2. The molecule has 0 spiro atoms. The van der Waals surface area contributed by atoms with E-state index < -0.39 is 16.1 Å². The molecule has 0 atom stereocenters. The van der Waals surface area contributed by atoms with Gasteiger partial charge in [-0.1, -0.05) is 80.6 Å². The van der Waals surface area contributed by atoms with E-state index >= 15 is 0 Å². The molecular weight excluding hydrogens is 473 g/mol. The molecule has 6 heteroatoms. The first-order valence-corrected chi connectivity index (χ1v) is 22.1. The molecule has 0 aliphatic carbocycles. The van der Waals surface area contributed by atoms with Crippen LogP contribution < -0.4 is 0 Å². The van der Waals surface area contributed by atoms with Crippen LogP contribution in [0.15, 0.2) is 0 Å². The van der Waals surface area contributed by atoms with Gasteiger partial charge >= 0.3 is 0 Å². The van der Waals surface area contributed by atoms with E-state index in [4.69, 9.17) is 0 Å². The molecule has 0 nitrogen and oxygen atoms in total. The molecule has 2 aliphatic heterocycles. The number of unbranched alkanes of at least 4 members (excludes halogenated alkanes) is 1. The van der Waals surface area contributed by atoms with Gasteiger partial charge < -0.3 is 0 Å². The van der Waals surface area contributed by atoms with Gasteiger partial charge in [0.15, 0.2) is 0 Å². The molecule has 0 aromatic carbocycles. The largest absolute Gasteiger partial charge is 0.148 e. The topological polar surface area (TPSA) is 0 Å². The molecule has 0 N–H and O–H groups in total. The molecule has 2 aliphatic rings. The van der Waals surface area contributed by atoms with Crippen LogP contribution in [0.3, 0.4) is 0 Å². The molecule has 0 unspecified atom stereocenters. The molecule has 2 rings (SSSR count). The minimum atomic E-state index is -1.40. The smallest absolute Gasteiger partial charge is 0.0835 e. The monoisotopic (exact) mass is 522 g/mol. The van der Waals surface area contributed by atoms with Crippen molar-refractivity contribution in [3.63, 3.8) is 0 Å². The molecule has 2 saturated heterocycles. The van der Waals surface area contributed by atoms with Crippen molar-refractivity contribution in [2.45, 2.75) is 124 Å². The average Bonchev–Trinajstić information content (AvgIpc) is 2.65. The zero-order valence-electron chi connectivity index (χ0n) is 21.7. The molecular formula is C24H50S4Si2. The number of thioether (sulfide) groups is 4. The predicted molar refractivity (Wildman–Crippen MR) is 157 cm³/mol. The molecule has 0 saturated carbocycles. The fraction of sp³-hybridized carbons (Fsp3) is 1.00. The summed E-state index contributed by atoms with van der Waals surface area (Å²) in [5.41, 5.74) is 0. The van der Waals surface area contributed by atoms with Gasteiger partial charge in [-0.15, -0.1) is 47.0 Å². The molecule has 2 fully saturated rings. The lowest BCUT2D eigenvalue weighted by Gasteiger charge is -2.54. The van der Waals surface area contributed by atoms with Gasteiger partial charge in [0.2, 0.25) is 0 Å². The van der Waals surface area contributed by atoms with Crippen molar-refractivity contribution in [3.05, 3.63) is 0 Å². The van der Waals surface area contributed by atoms with Crippen LogP contribution in [-0.2, 0) is 0 Å². The molecule has 0 aromatic rings. The summed E-state index contributed by atoms with van der Waals surface area (Å²) in [7, 11) is -2.81. The Hall–Kier alpha value is 1.83. The molecule has 0 amide bonds. The fourth-order valence-corrected chi connectivity index (χ4v) is 24.9. The highest BCUT2D eigenvalue weighted by Crippen LogP contribution is 2.60. The molecule has 0 bridgehead atoms.